The van der Waals surface area contributed by atoms with E-state index in [1.165, 1.54) is 51.4 Å². The molecule has 0 aromatic rings. The van der Waals surface area contributed by atoms with Gasteiger partial charge in [-0.05, 0) is 31.6 Å². The third-order valence-electron chi connectivity index (χ3n) is 3.91. The van der Waals surface area contributed by atoms with Gasteiger partial charge in [-0.3, -0.25) is 0 Å². The van der Waals surface area contributed by atoms with Crippen LogP contribution >= 0.6 is 0 Å². The van der Waals surface area contributed by atoms with E-state index in [9.17, 15) is 5.11 Å². The van der Waals surface area contributed by atoms with Gasteiger partial charge in [0.2, 0.25) is 0 Å². The van der Waals surface area contributed by atoms with Crippen molar-refractivity contribution in [3.8, 4) is 0 Å². The molecule has 2 saturated carbocycles. The second kappa shape index (κ2) is 5.13. The number of nitrogens with one attached hydrogen (secondary N) is 1. The predicted octanol–water partition coefficient (Wildman–Crippen LogP) is 2.07. The Morgan fingerprint density at radius 3 is 2.29 bits per heavy atom. The molecule has 0 heterocycles. The van der Waals surface area contributed by atoms with Crippen LogP contribution in [0.25, 0.3) is 0 Å². The second-order valence-electron chi connectivity index (χ2n) is 5.00. The lowest BCUT2D eigenvalue weighted by atomic mass is 9.85. The maximum Gasteiger partial charge on any atom is 0.0692 e. The van der Waals surface area contributed by atoms with Crippen molar-refractivity contribution >= 4 is 0 Å². The Balaban J connectivity index is 1.62. The van der Waals surface area contributed by atoms with Crippen LogP contribution in [0.5, 0.6) is 0 Å². The molecular weight excluding hydrogens is 174 g/mol. The van der Waals surface area contributed by atoms with E-state index >= 15 is 0 Å². The third kappa shape index (κ3) is 2.71. The van der Waals surface area contributed by atoms with Crippen molar-refractivity contribution in [1.82, 2.24) is 5.32 Å². The van der Waals surface area contributed by atoms with E-state index in [-0.39, 0.29) is 6.10 Å². The average Bonchev–Trinajstić information content (AvgIpc) is 2.16. The molecule has 82 valence electrons. The van der Waals surface area contributed by atoms with Crippen molar-refractivity contribution in [2.45, 2.75) is 63.5 Å². The summed E-state index contributed by atoms with van der Waals surface area (Å²) in [4.78, 5) is 0. The lowest BCUT2D eigenvalue weighted by Crippen LogP contribution is -2.42. The molecule has 1 unspecified atom stereocenters. The van der Waals surface area contributed by atoms with Gasteiger partial charge in [-0.1, -0.05) is 25.7 Å². The van der Waals surface area contributed by atoms with Gasteiger partial charge in [0, 0.05) is 12.6 Å². The highest BCUT2D eigenvalue weighted by Crippen LogP contribution is 2.26. The Bertz CT molecular complexity index is 162. The fourth-order valence-electron chi connectivity index (χ4n) is 2.59. The highest BCUT2D eigenvalue weighted by molar-refractivity contribution is 4.80. The molecule has 2 rings (SSSR count). The summed E-state index contributed by atoms with van der Waals surface area (Å²) in [6.07, 6.45) is 10.4. The van der Waals surface area contributed by atoms with E-state index in [1.807, 2.05) is 0 Å². The van der Waals surface area contributed by atoms with E-state index in [0.717, 1.165) is 6.54 Å². The summed E-state index contributed by atoms with van der Waals surface area (Å²) in [5.74, 6) is 0.580. The molecule has 0 radical (unpaired) electrons. The molecule has 0 aromatic heterocycles. The molecule has 2 aliphatic carbocycles. The zero-order valence-electron chi connectivity index (χ0n) is 9.04. The topological polar surface area (TPSA) is 32.3 Å². The third-order valence-corrected chi connectivity index (χ3v) is 3.91. The first kappa shape index (κ1) is 10.4. The van der Waals surface area contributed by atoms with Gasteiger partial charge in [-0.2, -0.15) is 0 Å². The lowest BCUT2D eigenvalue weighted by Gasteiger charge is -2.31. The standard InChI is InChI=1S/C12H23NO/c14-12(9-13-11-7-4-8-11)10-5-2-1-3-6-10/h10-14H,1-9H2. The van der Waals surface area contributed by atoms with Crippen LogP contribution in [-0.4, -0.2) is 23.8 Å². The summed E-state index contributed by atoms with van der Waals surface area (Å²) in [5.41, 5.74) is 0. The Morgan fingerprint density at radius 1 is 1.00 bits per heavy atom. The maximum atomic E-state index is 9.98. The van der Waals surface area contributed by atoms with Crippen LogP contribution in [0.3, 0.4) is 0 Å². The van der Waals surface area contributed by atoms with Crippen molar-refractivity contribution in [1.29, 1.82) is 0 Å². The van der Waals surface area contributed by atoms with E-state index in [1.54, 1.807) is 0 Å². The first-order valence-corrected chi connectivity index (χ1v) is 6.28. The van der Waals surface area contributed by atoms with Gasteiger partial charge >= 0.3 is 0 Å². The molecule has 2 fully saturated rings. The van der Waals surface area contributed by atoms with E-state index in [4.69, 9.17) is 0 Å². The van der Waals surface area contributed by atoms with Gasteiger partial charge in [0.05, 0.1) is 6.10 Å². The summed E-state index contributed by atoms with van der Waals surface area (Å²) in [7, 11) is 0. The van der Waals surface area contributed by atoms with Crippen LogP contribution in [0.15, 0.2) is 0 Å². The van der Waals surface area contributed by atoms with Crippen molar-refractivity contribution in [2.75, 3.05) is 6.54 Å². The minimum absolute atomic E-state index is 0.0871. The van der Waals surface area contributed by atoms with Crippen LogP contribution in [0.4, 0.5) is 0 Å². The quantitative estimate of drug-likeness (QED) is 0.723. The van der Waals surface area contributed by atoms with Gasteiger partial charge in [-0.25, -0.2) is 0 Å². The molecule has 2 nitrogen and oxygen atoms in total. The summed E-state index contributed by atoms with van der Waals surface area (Å²) in [6.45, 7) is 0.829. The average molecular weight is 197 g/mol. The van der Waals surface area contributed by atoms with Crippen molar-refractivity contribution < 1.29 is 5.11 Å². The Morgan fingerprint density at radius 2 is 1.71 bits per heavy atom. The first-order valence-electron chi connectivity index (χ1n) is 6.28. The number of hydrogen-bond acceptors (Lipinski definition) is 2. The maximum absolute atomic E-state index is 9.98. The van der Waals surface area contributed by atoms with Crippen LogP contribution < -0.4 is 5.32 Å². The van der Waals surface area contributed by atoms with Gasteiger partial charge in [0.1, 0.15) is 0 Å². The molecule has 14 heavy (non-hydrogen) atoms. The molecule has 0 spiro atoms. The number of rotatable bonds is 4. The molecule has 0 aliphatic heterocycles. The van der Waals surface area contributed by atoms with Crippen LogP contribution in [0.1, 0.15) is 51.4 Å². The zero-order chi connectivity index (χ0) is 9.80. The first-order chi connectivity index (χ1) is 6.86. The summed E-state index contributed by atoms with van der Waals surface area (Å²) >= 11 is 0. The molecule has 2 N–H and O–H groups in total. The predicted molar refractivity (Wildman–Crippen MR) is 58.2 cm³/mol. The van der Waals surface area contributed by atoms with Crippen molar-refractivity contribution in [3.05, 3.63) is 0 Å². The molecule has 2 aliphatic rings. The largest absolute Gasteiger partial charge is 0.392 e. The SMILES string of the molecule is OC(CNC1CCC1)C1CCCCC1. The summed E-state index contributed by atoms with van der Waals surface area (Å²) < 4.78 is 0. The number of aliphatic hydroxyl groups is 1. The number of hydrogen-bond donors (Lipinski definition) is 2. The molecule has 0 saturated heterocycles. The summed E-state index contributed by atoms with van der Waals surface area (Å²) in [5, 5.41) is 13.4. The molecule has 1 atom stereocenters. The molecular formula is C12H23NO. The molecule has 0 amide bonds. The van der Waals surface area contributed by atoms with Crippen LogP contribution in [0.2, 0.25) is 0 Å². The van der Waals surface area contributed by atoms with Crippen LogP contribution in [-0.2, 0) is 0 Å². The Hall–Kier alpha value is -0.0800. The smallest absolute Gasteiger partial charge is 0.0692 e. The second-order valence-corrected chi connectivity index (χ2v) is 5.00. The van der Waals surface area contributed by atoms with Gasteiger partial charge in [-0.15, -0.1) is 0 Å². The van der Waals surface area contributed by atoms with E-state index in [0.29, 0.717) is 12.0 Å². The number of aliphatic hydroxyl groups excluding tert-OH is 1. The molecule has 0 aromatic carbocycles. The zero-order valence-corrected chi connectivity index (χ0v) is 9.04. The monoisotopic (exact) mass is 197 g/mol. The fraction of sp³-hybridized carbons (Fsp3) is 1.00. The minimum Gasteiger partial charge on any atom is -0.392 e. The molecule has 2 heteroatoms. The van der Waals surface area contributed by atoms with Gasteiger partial charge in [0.15, 0.2) is 0 Å². The van der Waals surface area contributed by atoms with Crippen LogP contribution in [0, 0.1) is 5.92 Å². The summed E-state index contributed by atoms with van der Waals surface area (Å²) in [6, 6.07) is 0.716. The molecule has 0 bridgehead atoms. The highest BCUT2D eigenvalue weighted by Gasteiger charge is 2.23. The van der Waals surface area contributed by atoms with E-state index < -0.39 is 0 Å². The van der Waals surface area contributed by atoms with Gasteiger partial charge < -0.3 is 10.4 Å². The fourth-order valence-corrected chi connectivity index (χ4v) is 2.59. The van der Waals surface area contributed by atoms with Gasteiger partial charge in [0.25, 0.3) is 0 Å². The highest BCUT2D eigenvalue weighted by atomic mass is 16.3. The lowest BCUT2D eigenvalue weighted by molar-refractivity contribution is 0.0781. The van der Waals surface area contributed by atoms with E-state index in [2.05, 4.69) is 5.32 Å². The van der Waals surface area contributed by atoms with Crippen molar-refractivity contribution in [2.24, 2.45) is 5.92 Å². The Labute approximate surface area is 87.1 Å². The Kier molecular flexibility index (Phi) is 3.82. The normalized spacial score (nSPS) is 27.2. The van der Waals surface area contributed by atoms with Crippen molar-refractivity contribution in [3.63, 3.8) is 0 Å². The minimum atomic E-state index is -0.0871.